The molecule has 0 saturated carbocycles. The molecule has 0 aliphatic carbocycles. The number of para-hydroxylation sites is 1. The fraction of sp³-hybridized carbons (Fsp3) is 0.238. The monoisotopic (exact) mass is 377 g/mol. The Morgan fingerprint density at radius 2 is 1.70 bits per heavy atom. The van der Waals surface area contributed by atoms with Gasteiger partial charge in [0.15, 0.2) is 5.13 Å². The van der Waals surface area contributed by atoms with E-state index in [1.54, 1.807) is 11.3 Å². The van der Waals surface area contributed by atoms with E-state index in [9.17, 15) is 0 Å². The summed E-state index contributed by atoms with van der Waals surface area (Å²) in [5, 5.41) is 2.20. The van der Waals surface area contributed by atoms with E-state index < -0.39 is 0 Å². The Morgan fingerprint density at radius 3 is 2.59 bits per heavy atom. The number of fused-ring (bicyclic) bond motifs is 2. The first kappa shape index (κ1) is 17.5. The van der Waals surface area contributed by atoms with Crippen molar-refractivity contribution in [3.05, 3.63) is 54.6 Å². The second kappa shape index (κ2) is 7.40. The maximum absolute atomic E-state index is 5.87. The zero-order valence-corrected chi connectivity index (χ0v) is 16.4. The van der Waals surface area contributed by atoms with Crippen LogP contribution in [-0.4, -0.2) is 37.2 Å². The topological polar surface area (TPSA) is 58.3 Å². The fourth-order valence-corrected chi connectivity index (χ4v) is 4.12. The van der Waals surface area contributed by atoms with Gasteiger partial charge in [-0.1, -0.05) is 29.5 Å². The number of rotatable bonds is 6. The molecule has 0 amide bonds. The largest absolute Gasteiger partial charge is 0.399 e. The summed E-state index contributed by atoms with van der Waals surface area (Å²) in [5.74, 6) is 1.01. The van der Waals surface area contributed by atoms with Gasteiger partial charge in [0, 0.05) is 38.3 Å². The highest BCUT2D eigenvalue weighted by molar-refractivity contribution is 7.22. The number of thiazole rings is 1. The number of hydrogen-bond donors (Lipinski definition) is 1. The molecule has 0 radical (unpaired) electrons. The van der Waals surface area contributed by atoms with Gasteiger partial charge in [-0.15, -0.1) is 0 Å². The first-order chi connectivity index (χ1) is 13.1. The number of anilines is 3. The Balaban J connectivity index is 1.37. The van der Waals surface area contributed by atoms with E-state index in [2.05, 4.69) is 48.2 Å². The number of nitrogens with zero attached hydrogens (tertiary/aromatic N) is 4. The van der Waals surface area contributed by atoms with Gasteiger partial charge >= 0.3 is 0 Å². The van der Waals surface area contributed by atoms with Crippen molar-refractivity contribution >= 4 is 49.1 Å². The Kier molecular flexibility index (Phi) is 4.81. The highest BCUT2D eigenvalue weighted by Gasteiger charge is 2.10. The van der Waals surface area contributed by atoms with E-state index in [4.69, 9.17) is 15.7 Å². The molecule has 138 valence electrons. The molecule has 0 fully saturated rings. The first-order valence-corrected chi connectivity index (χ1v) is 9.86. The first-order valence-electron chi connectivity index (χ1n) is 9.04. The van der Waals surface area contributed by atoms with Crippen molar-refractivity contribution in [2.45, 2.75) is 6.42 Å². The maximum atomic E-state index is 5.87. The summed E-state index contributed by atoms with van der Waals surface area (Å²) in [6, 6.07) is 18.3. The van der Waals surface area contributed by atoms with Crippen LogP contribution in [-0.2, 0) is 0 Å². The molecule has 0 aliphatic heterocycles. The number of nitrogens with two attached hydrogens (primary N) is 1. The summed E-state index contributed by atoms with van der Waals surface area (Å²) in [5.41, 5.74) is 8.69. The van der Waals surface area contributed by atoms with Gasteiger partial charge in [-0.05, 0) is 42.8 Å². The third-order valence-electron chi connectivity index (χ3n) is 4.69. The minimum atomic E-state index is 0.782. The van der Waals surface area contributed by atoms with Gasteiger partial charge < -0.3 is 15.5 Å². The van der Waals surface area contributed by atoms with Gasteiger partial charge in [-0.25, -0.2) is 9.97 Å². The van der Waals surface area contributed by atoms with Gasteiger partial charge in [0.05, 0.1) is 15.7 Å². The van der Waals surface area contributed by atoms with Crippen molar-refractivity contribution in [2.75, 3.05) is 42.7 Å². The maximum Gasteiger partial charge on any atom is 0.186 e. The summed E-state index contributed by atoms with van der Waals surface area (Å²) in [6.45, 7) is 1.88. The van der Waals surface area contributed by atoms with E-state index in [0.29, 0.717) is 0 Å². The van der Waals surface area contributed by atoms with Crippen LogP contribution in [0, 0.1) is 0 Å². The van der Waals surface area contributed by atoms with Crippen molar-refractivity contribution in [2.24, 2.45) is 0 Å². The lowest BCUT2D eigenvalue weighted by Crippen LogP contribution is -2.25. The van der Waals surface area contributed by atoms with Crippen LogP contribution in [0.3, 0.4) is 0 Å². The Morgan fingerprint density at radius 1 is 0.889 bits per heavy atom. The molecule has 0 atom stereocenters. The van der Waals surface area contributed by atoms with Gasteiger partial charge in [0.1, 0.15) is 5.82 Å². The zero-order chi connectivity index (χ0) is 18.8. The molecular formula is C21H23N5S. The average Bonchev–Trinajstić information content (AvgIpc) is 3.10. The summed E-state index contributed by atoms with van der Waals surface area (Å²) in [7, 11) is 4.19. The van der Waals surface area contributed by atoms with Crippen LogP contribution in [0.15, 0.2) is 54.6 Å². The molecule has 2 heterocycles. The SMILES string of the molecule is CN(CCCN(C)c1nc2ccc(N)cc2s1)c1ccc2ccccc2n1. The predicted molar refractivity (Wildman–Crippen MR) is 117 cm³/mol. The van der Waals surface area contributed by atoms with Crippen LogP contribution in [0.5, 0.6) is 0 Å². The van der Waals surface area contributed by atoms with Crippen LogP contribution in [0.25, 0.3) is 21.1 Å². The summed E-state index contributed by atoms with van der Waals surface area (Å²) >= 11 is 1.69. The van der Waals surface area contributed by atoms with Crippen molar-refractivity contribution in [3.63, 3.8) is 0 Å². The highest BCUT2D eigenvalue weighted by Crippen LogP contribution is 2.29. The quantitative estimate of drug-likeness (QED) is 0.505. The van der Waals surface area contributed by atoms with Gasteiger partial charge in [0.2, 0.25) is 0 Å². The zero-order valence-electron chi connectivity index (χ0n) is 15.6. The number of pyridine rings is 1. The van der Waals surface area contributed by atoms with Crippen LogP contribution in [0.4, 0.5) is 16.6 Å². The lowest BCUT2D eigenvalue weighted by molar-refractivity contribution is 0.757. The molecule has 4 rings (SSSR count). The molecule has 0 bridgehead atoms. The average molecular weight is 378 g/mol. The van der Waals surface area contributed by atoms with Crippen LogP contribution < -0.4 is 15.5 Å². The van der Waals surface area contributed by atoms with E-state index in [0.717, 1.165) is 51.9 Å². The number of benzene rings is 2. The Hall–Kier alpha value is -2.86. The van der Waals surface area contributed by atoms with Crippen molar-refractivity contribution in [1.82, 2.24) is 9.97 Å². The smallest absolute Gasteiger partial charge is 0.186 e. The molecule has 5 nitrogen and oxygen atoms in total. The van der Waals surface area contributed by atoms with Crippen LogP contribution in [0.1, 0.15) is 6.42 Å². The van der Waals surface area contributed by atoms with Crippen molar-refractivity contribution < 1.29 is 0 Å². The minimum Gasteiger partial charge on any atom is -0.399 e. The Bertz CT molecular complexity index is 1070. The standard InChI is InChI=1S/C21H23N5S/c1-25(20-11-8-15-6-3-4-7-17(15)23-20)12-5-13-26(2)21-24-18-10-9-16(22)14-19(18)27-21/h3-4,6-11,14H,5,12-13,22H2,1-2H3. The third kappa shape index (κ3) is 3.80. The molecule has 4 aromatic rings. The number of hydrogen-bond acceptors (Lipinski definition) is 6. The minimum absolute atomic E-state index is 0.782. The van der Waals surface area contributed by atoms with Crippen LogP contribution >= 0.6 is 11.3 Å². The molecule has 0 saturated heterocycles. The van der Waals surface area contributed by atoms with E-state index >= 15 is 0 Å². The van der Waals surface area contributed by atoms with Gasteiger partial charge in [-0.2, -0.15) is 0 Å². The lowest BCUT2D eigenvalue weighted by atomic mass is 10.2. The Labute approximate surface area is 163 Å². The predicted octanol–water partition coefficient (Wildman–Crippen LogP) is 4.39. The molecule has 0 aliphatic rings. The van der Waals surface area contributed by atoms with Crippen molar-refractivity contribution in [1.29, 1.82) is 0 Å². The second-order valence-corrected chi connectivity index (χ2v) is 7.79. The summed E-state index contributed by atoms with van der Waals surface area (Å²) in [4.78, 5) is 13.9. The molecule has 0 unspecified atom stereocenters. The lowest BCUT2D eigenvalue weighted by Gasteiger charge is -2.21. The normalized spacial score (nSPS) is 11.2. The molecule has 6 heteroatoms. The van der Waals surface area contributed by atoms with Gasteiger partial charge in [0.25, 0.3) is 0 Å². The fourth-order valence-electron chi connectivity index (χ4n) is 3.12. The molecule has 0 spiro atoms. The van der Waals surface area contributed by atoms with Crippen molar-refractivity contribution in [3.8, 4) is 0 Å². The molecule has 2 N–H and O–H groups in total. The third-order valence-corrected chi connectivity index (χ3v) is 5.82. The van der Waals surface area contributed by atoms with E-state index in [1.807, 2.05) is 30.3 Å². The second-order valence-electron chi connectivity index (χ2n) is 6.78. The van der Waals surface area contributed by atoms with Gasteiger partial charge in [-0.3, -0.25) is 0 Å². The molecule has 2 aromatic carbocycles. The summed E-state index contributed by atoms with van der Waals surface area (Å²) in [6.07, 6.45) is 1.03. The molecular weight excluding hydrogens is 354 g/mol. The number of aromatic nitrogens is 2. The van der Waals surface area contributed by atoms with E-state index in [-0.39, 0.29) is 0 Å². The summed E-state index contributed by atoms with van der Waals surface area (Å²) < 4.78 is 1.13. The molecule has 27 heavy (non-hydrogen) atoms. The van der Waals surface area contributed by atoms with Crippen LogP contribution in [0.2, 0.25) is 0 Å². The van der Waals surface area contributed by atoms with E-state index in [1.165, 1.54) is 5.39 Å². The highest BCUT2D eigenvalue weighted by atomic mass is 32.1. The molecule has 2 aromatic heterocycles. The number of nitrogen functional groups attached to an aromatic ring is 1.